The SMILES string of the molecule is CCOc1ccc(C(Nc2ccc(C(=N)N)cc2)C(=O)O)cc1N(CC)CC. The zero-order chi connectivity index (χ0) is 20.7. The molecular formula is C21H28N4O3. The molecule has 5 N–H and O–H groups in total. The number of nitrogen functional groups attached to an aromatic ring is 1. The number of hydrogen-bond donors (Lipinski definition) is 4. The van der Waals surface area contributed by atoms with E-state index in [2.05, 4.69) is 24.1 Å². The fourth-order valence-corrected chi connectivity index (χ4v) is 3.00. The third-order valence-electron chi connectivity index (χ3n) is 4.47. The van der Waals surface area contributed by atoms with E-state index in [-0.39, 0.29) is 5.84 Å². The van der Waals surface area contributed by atoms with Crippen molar-refractivity contribution in [2.75, 3.05) is 29.9 Å². The van der Waals surface area contributed by atoms with Crippen molar-refractivity contribution < 1.29 is 14.6 Å². The van der Waals surface area contributed by atoms with Gasteiger partial charge in [-0.15, -0.1) is 0 Å². The fourth-order valence-electron chi connectivity index (χ4n) is 3.00. The number of rotatable bonds is 10. The first-order valence-corrected chi connectivity index (χ1v) is 9.36. The van der Waals surface area contributed by atoms with Gasteiger partial charge in [-0.25, -0.2) is 4.79 Å². The van der Waals surface area contributed by atoms with Crippen molar-refractivity contribution in [1.29, 1.82) is 5.41 Å². The van der Waals surface area contributed by atoms with Crippen LogP contribution in [-0.2, 0) is 4.79 Å². The molecule has 0 aliphatic rings. The van der Waals surface area contributed by atoms with E-state index >= 15 is 0 Å². The Balaban J connectivity index is 2.38. The molecule has 0 spiro atoms. The second kappa shape index (κ2) is 9.64. The molecule has 0 aliphatic carbocycles. The molecule has 1 atom stereocenters. The summed E-state index contributed by atoms with van der Waals surface area (Å²) in [5, 5.41) is 20.3. The maximum absolute atomic E-state index is 11.9. The maximum atomic E-state index is 11.9. The third-order valence-corrected chi connectivity index (χ3v) is 4.47. The van der Waals surface area contributed by atoms with Crippen LogP contribution in [0.3, 0.4) is 0 Å². The van der Waals surface area contributed by atoms with Gasteiger partial charge in [0.15, 0.2) is 6.04 Å². The van der Waals surface area contributed by atoms with Crippen LogP contribution in [0.25, 0.3) is 0 Å². The van der Waals surface area contributed by atoms with Crippen LogP contribution in [0.15, 0.2) is 42.5 Å². The highest BCUT2D eigenvalue weighted by molar-refractivity contribution is 5.95. The van der Waals surface area contributed by atoms with Gasteiger partial charge in [0.05, 0.1) is 12.3 Å². The zero-order valence-electron chi connectivity index (χ0n) is 16.5. The van der Waals surface area contributed by atoms with Crippen LogP contribution in [0.5, 0.6) is 5.75 Å². The van der Waals surface area contributed by atoms with Gasteiger partial charge >= 0.3 is 5.97 Å². The summed E-state index contributed by atoms with van der Waals surface area (Å²) in [5.74, 6) is -0.271. The van der Waals surface area contributed by atoms with Crippen LogP contribution in [0.2, 0.25) is 0 Å². The Morgan fingerprint density at radius 3 is 2.32 bits per heavy atom. The van der Waals surface area contributed by atoms with E-state index in [1.807, 2.05) is 19.1 Å². The van der Waals surface area contributed by atoms with Gasteiger partial charge in [-0.05, 0) is 62.7 Å². The molecule has 0 saturated heterocycles. The Morgan fingerprint density at radius 2 is 1.82 bits per heavy atom. The summed E-state index contributed by atoms with van der Waals surface area (Å²) in [6.07, 6.45) is 0. The molecule has 0 aliphatic heterocycles. The molecule has 7 nitrogen and oxygen atoms in total. The number of nitrogens with zero attached hydrogens (tertiary/aromatic N) is 1. The van der Waals surface area contributed by atoms with Gasteiger partial charge in [-0.1, -0.05) is 6.07 Å². The minimum atomic E-state index is -0.981. The summed E-state index contributed by atoms with van der Waals surface area (Å²) in [4.78, 5) is 14.1. The number of benzene rings is 2. The van der Waals surface area contributed by atoms with E-state index in [9.17, 15) is 9.90 Å². The molecule has 2 aromatic carbocycles. The van der Waals surface area contributed by atoms with Crippen molar-refractivity contribution >= 4 is 23.2 Å². The van der Waals surface area contributed by atoms with Crippen LogP contribution >= 0.6 is 0 Å². The van der Waals surface area contributed by atoms with Crippen molar-refractivity contribution in [3.8, 4) is 5.75 Å². The monoisotopic (exact) mass is 384 g/mol. The van der Waals surface area contributed by atoms with Gasteiger partial charge in [0, 0.05) is 24.3 Å². The van der Waals surface area contributed by atoms with Gasteiger partial charge in [0.1, 0.15) is 11.6 Å². The number of nitrogens with two attached hydrogens (primary N) is 1. The normalized spacial score (nSPS) is 11.5. The average Bonchev–Trinajstić information content (AvgIpc) is 2.68. The number of anilines is 2. The molecule has 1 unspecified atom stereocenters. The summed E-state index contributed by atoms with van der Waals surface area (Å²) >= 11 is 0. The molecule has 2 rings (SSSR count). The first kappa shape index (κ1) is 21.1. The van der Waals surface area contributed by atoms with E-state index in [0.29, 0.717) is 23.4 Å². The highest BCUT2D eigenvalue weighted by Crippen LogP contribution is 2.33. The van der Waals surface area contributed by atoms with Crippen molar-refractivity contribution in [2.45, 2.75) is 26.8 Å². The third kappa shape index (κ3) is 4.94. The Labute approximate surface area is 165 Å². The number of nitrogens with one attached hydrogen (secondary N) is 2. The van der Waals surface area contributed by atoms with E-state index in [1.54, 1.807) is 30.3 Å². The van der Waals surface area contributed by atoms with Gasteiger partial charge in [0.25, 0.3) is 0 Å². The first-order chi connectivity index (χ1) is 13.4. The molecular weight excluding hydrogens is 356 g/mol. The number of aliphatic carboxylic acids is 1. The molecule has 0 saturated carbocycles. The summed E-state index contributed by atoms with van der Waals surface area (Å²) in [7, 11) is 0. The van der Waals surface area contributed by atoms with Crippen molar-refractivity contribution in [1.82, 2.24) is 0 Å². The van der Waals surface area contributed by atoms with Gasteiger partial charge in [0.2, 0.25) is 0 Å². The molecule has 0 bridgehead atoms. The first-order valence-electron chi connectivity index (χ1n) is 9.36. The highest BCUT2D eigenvalue weighted by atomic mass is 16.5. The fraction of sp³-hybridized carbons (Fsp3) is 0.333. The highest BCUT2D eigenvalue weighted by Gasteiger charge is 2.22. The summed E-state index contributed by atoms with van der Waals surface area (Å²) in [6, 6.07) is 11.3. The lowest BCUT2D eigenvalue weighted by atomic mass is 10.0. The van der Waals surface area contributed by atoms with E-state index in [0.717, 1.165) is 24.5 Å². The van der Waals surface area contributed by atoms with Crippen LogP contribution < -0.4 is 20.7 Å². The topological polar surface area (TPSA) is 112 Å². The van der Waals surface area contributed by atoms with Crippen LogP contribution in [0.1, 0.15) is 37.9 Å². The van der Waals surface area contributed by atoms with Crippen LogP contribution in [0, 0.1) is 5.41 Å². The number of carbonyl (C=O) groups is 1. The predicted molar refractivity (Wildman–Crippen MR) is 113 cm³/mol. The van der Waals surface area contributed by atoms with Gasteiger partial charge in [-0.2, -0.15) is 0 Å². The second-order valence-electron chi connectivity index (χ2n) is 6.24. The summed E-state index contributed by atoms with van der Waals surface area (Å²) < 4.78 is 5.73. The largest absolute Gasteiger partial charge is 0.492 e. The zero-order valence-corrected chi connectivity index (χ0v) is 16.5. The summed E-state index contributed by atoms with van der Waals surface area (Å²) in [6.45, 7) is 8.14. The maximum Gasteiger partial charge on any atom is 0.330 e. The van der Waals surface area contributed by atoms with E-state index < -0.39 is 12.0 Å². The standard InChI is InChI=1S/C21H28N4O3/c1-4-25(5-2)17-13-15(9-12-18(17)28-6-3)19(21(26)27)24-16-10-7-14(8-11-16)20(22)23/h7-13,19,24H,4-6H2,1-3H3,(H3,22,23)(H,26,27). The van der Waals surface area contributed by atoms with Crippen molar-refractivity contribution in [3.63, 3.8) is 0 Å². The quantitative estimate of drug-likeness (QED) is 0.369. The average molecular weight is 384 g/mol. The Bertz CT molecular complexity index is 817. The molecule has 7 heteroatoms. The Morgan fingerprint density at radius 1 is 1.18 bits per heavy atom. The molecule has 0 amide bonds. The van der Waals surface area contributed by atoms with Crippen LogP contribution in [0.4, 0.5) is 11.4 Å². The molecule has 0 radical (unpaired) electrons. The number of hydrogen-bond acceptors (Lipinski definition) is 5. The van der Waals surface area contributed by atoms with E-state index in [4.69, 9.17) is 15.9 Å². The Kier molecular flexibility index (Phi) is 7.26. The van der Waals surface area contributed by atoms with E-state index in [1.165, 1.54) is 0 Å². The lowest BCUT2D eigenvalue weighted by Gasteiger charge is -2.26. The number of carboxylic acids is 1. The lowest BCUT2D eigenvalue weighted by molar-refractivity contribution is -0.138. The molecule has 0 heterocycles. The van der Waals surface area contributed by atoms with Gasteiger partial charge < -0.3 is 25.8 Å². The molecule has 28 heavy (non-hydrogen) atoms. The Hall–Kier alpha value is -3.22. The molecule has 0 aromatic heterocycles. The van der Waals surface area contributed by atoms with Gasteiger partial charge in [-0.3, -0.25) is 5.41 Å². The minimum Gasteiger partial charge on any atom is -0.492 e. The minimum absolute atomic E-state index is 0.0308. The van der Waals surface area contributed by atoms with Crippen molar-refractivity contribution in [2.24, 2.45) is 5.73 Å². The lowest BCUT2D eigenvalue weighted by Crippen LogP contribution is -2.24. The van der Waals surface area contributed by atoms with Crippen LogP contribution in [-0.4, -0.2) is 36.6 Å². The number of ether oxygens (including phenoxy) is 1. The summed E-state index contributed by atoms with van der Waals surface area (Å²) in [5.41, 5.74) is 8.20. The molecule has 2 aromatic rings. The second-order valence-corrected chi connectivity index (χ2v) is 6.24. The predicted octanol–water partition coefficient (Wildman–Crippen LogP) is 3.45. The van der Waals surface area contributed by atoms with Crippen molar-refractivity contribution in [3.05, 3.63) is 53.6 Å². The number of carboxylic acid groups (broad SMARTS) is 1. The molecule has 0 fully saturated rings. The molecule has 150 valence electrons. The number of amidine groups is 1. The smallest absolute Gasteiger partial charge is 0.330 e.